The lowest BCUT2D eigenvalue weighted by Crippen LogP contribution is -2.06. The molecule has 0 unspecified atom stereocenters. The number of halogens is 4. The van der Waals surface area contributed by atoms with Crippen molar-refractivity contribution in [3.63, 3.8) is 0 Å². The summed E-state index contributed by atoms with van der Waals surface area (Å²) in [6.07, 6.45) is -1.23. The van der Waals surface area contributed by atoms with Gasteiger partial charge in [0.05, 0.1) is 21.9 Å². The average Bonchev–Trinajstić information content (AvgIpc) is 2.64. The lowest BCUT2D eigenvalue weighted by atomic mass is 10.2. The summed E-state index contributed by atoms with van der Waals surface area (Å²) in [4.78, 5) is 0. The molecule has 1 aromatic heterocycles. The molecule has 1 heterocycles. The number of nitrogens with zero attached hydrogens (tertiary/aromatic N) is 2. The summed E-state index contributed by atoms with van der Waals surface area (Å²) < 4.78 is 39.4. The van der Waals surface area contributed by atoms with Crippen LogP contribution >= 0.6 is 15.9 Å². The van der Waals surface area contributed by atoms with Crippen molar-refractivity contribution in [1.29, 1.82) is 0 Å². The van der Waals surface area contributed by atoms with E-state index in [1.807, 2.05) is 0 Å². The van der Waals surface area contributed by atoms with E-state index in [1.54, 1.807) is 12.3 Å². The predicted molar refractivity (Wildman–Crippen MR) is 56.3 cm³/mol. The molecule has 0 saturated carbocycles. The average molecular weight is 291 g/mol. The number of alkyl halides is 3. The molecule has 0 spiro atoms. The summed E-state index contributed by atoms with van der Waals surface area (Å²) in [5.41, 5.74) is -0.308. The van der Waals surface area contributed by atoms with Gasteiger partial charge >= 0.3 is 6.18 Å². The maximum Gasteiger partial charge on any atom is 0.416 e. The van der Waals surface area contributed by atoms with Crippen molar-refractivity contribution in [2.45, 2.75) is 6.18 Å². The molecule has 1 aromatic carbocycles. The number of hydrogen-bond donors (Lipinski definition) is 0. The third-order valence-electron chi connectivity index (χ3n) is 1.99. The van der Waals surface area contributed by atoms with Crippen LogP contribution in [-0.2, 0) is 6.18 Å². The molecule has 0 aliphatic heterocycles. The summed E-state index contributed by atoms with van der Waals surface area (Å²) in [6.45, 7) is 0. The zero-order valence-electron chi connectivity index (χ0n) is 7.87. The fourth-order valence-electron chi connectivity index (χ4n) is 1.27. The first-order valence-corrected chi connectivity index (χ1v) is 5.14. The van der Waals surface area contributed by atoms with E-state index in [0.717, 1.165) is 12.1 Å². The van der Waals surface area contributed by atoms with Crippen LogP contribution in [0.3, 0.4) is 0 Å². The normalized spacial score (nSPS) is 11.8. The maximum absolute atomic E-state index is 12.4. The molecule has 0 aliphatic rings. The van der Waals surface area contributed by atoms with Crippen LogP contribution in [0.5, 0.6) is 0 Å². The number of hydrogen-bond acceptors (Lipinski definition) is 1. The predicted octanol–water partition coefficient (Wildman–Crippen LogP) is 3.65. The van der Waals surface area contributed by atoms with Crippen molar-refractivity contribution < 1.29 is 13.2 Å². The van der Waals surface area contributed by atoms with Gasteiger partial charge in [0.25, 0.3) is 0 Å². The van der Waals surface area contributed by atoms with Gasteiger partial charge in [0, 0.05) is 6.20 Å². The highest BCUT2D eigenvalue weighted by Crippen LogP contribution is 2.30. The first kappa shape index (κ1) is 11.2. The van der Waals surface area contributed by atoms with Gasteiger partial charge in [0.1, 0.15) is 0 Å². The first-order chi connectivity index (χ1) is 7.47. The Morgan fingerprint density at radius 1 is 1.25 bits per heavy atom. The molecule has 6 heteroatoms. The molecular formula is C10H6BrF3N2. The molecule has 2 aromatic rings. The minimum atomic E-state index is -4.33. The van der Waals surface area contributed by atoms with Crippen LogP contribution in [0.2, 0.25) is 0 Å². The van der Waals surface area contributed by atoms with E-state index >= 15 is 0 Å². The summed E-state index contributed by atoms with van der Waals surface area (Å²) in [5, 5.41) is 3.91. The maximum atomic E-state index is 12.4. The smallest absolute Gasteiger partial charge is 0.240 e. The van der Waals surface area contributed by atoms with Gasteiger partial charge in [-0.25, -0.2) is 4.68 Å². The minimum Gasteiger partial charge on any atom is -0.240 e. The largest absolute Gasteiger partial charge is 0.416 e. The molecule has 84 valence electrons. The molecule has 0 aliphatic carbocycles. The Morgan fingerprint density at radius 3 is 2.56 bits per heavy atom. The van der Waals surface area contributed by atoms with Crippen LogP contribution in [0.1, 0.15) is 5.56 Å². The fourth-order valence-corrected chi connectivity index (χ4v) is 1.55. The van der Waals surface area contributed by atoms with E-state index in [0.29, 0.717) is 10.2 Å². The quantitative estimate of drug-likeness (QED) is 0.784. The SMILES string of the molecule is FC(F)(F)c1cccc(-n2cc(Br)cn2)c1. The minimum absolute atomic E-state index is 0.375. The van der Waals surface area contributed by atoms with Crippen LogP contribution in [0.25, 0.3) is 5.69 Å². The Balaban J connectivity index is 2.44. The highest BCUT2D eigenvalue weighted by molar-refractivity contribution is 9.10. The lowest BCUT2D eigenvalue weighted by molar-refractivity contribution is -0.137. The lowest BCUT2D eigenvalue weighted by Gasteiger charge is -2.08. The van der Waals surface area contributed by atoms with Crippen molar-refractivity contribution >= 4 is 15.9 Å². The van der Waals surface area contributed by atoms with E-state index in [2.05, 4.69) is 21.0 Å². The number of aromatic nitrogens is 2. The molecular weight excluding hydrogens is 285 g/mol. The van der Waals surface area contributed by atoms with E-state index in [-0.39, 0.29) is 0 Å². The first-order valence-electron chi connectivity index (χ1n) is 4.34. The molecule has 0 radical (unpaired) electrons. The molecule has 16 heavy (non-hydrogen) atoms. The second-order valence-electron chi connectivity index (χ2n) is 3.15. The standard InChI is InChI=1S/C10H6BrF3N2/c11-8-5-15-16(6-8)9-3-1-2-7(4-9)10(12,13)14/h1-6H. The number of benzene rings is 1. The van der Waals surface area contributed by atoms with Crippen molar-refractivity contribution in [3.8, 4) is 5.69 Å². The van der Waals surface area contributed by atoms with Gasteiger partial charge < -0.3 is 0 Å². The van der Waals surface area contributed by atoms with Crippen molar-refractivity contribution in [2.24, 2.45) is 0 Å². The second-order valence-corrected chi connectivity index (χ2v) is 4.07. The summed E-state index contributed by atoms with van der Waals surface area (Å²) in [5.74, 6) is 0. The van der Waals surface area contributed by atoms with E-state index in [1.165, 1.54) is 16.9 Å². The van der Waals surface area contributed by atoms with Crippen molar-refractivity contribution in [3.05, 3.63) is 46.7 Å². The third kappa shape index (κ3) is 2.27. The molecule has 2 nitrogen and oxygen atoms in total. The van der Waals surface area contributed by atoms with Gasteiger partial charge in [-0.05, 0) is 34.1 Å². The van der Waals surface area contributed by atoms with E-state index < -0.39 is 11.7 Å². The molecule has 0 bridgehead atoms. The van der Waals surface area contributed by atoms with Gasteiger partial charge in [0.2, 0.25) is 0 Å². The van der Waals surface area contributed by atoms with Gasteiger partial charge in [-0.1, -0.05) is 6.07 Å². The van der Waals surface area contributed by atoms with Gasteiger partial charge in [-0.3, -0.25) is 0 Å². The Kier molecular flexibility index (Phi) is 2.75. The zero-order valence-corrected chi connectivity index (χ0v) is 9.46. The summed E-state index contributed by atoms with van der Waals surface area (Å²) >= 11 is 3.18. The topological polar surface area (TPSA) is 17.8 Å². The van der Waals surface area contributed by atoms with Gasteiger partial charge in [-0.15, -0.1) is 0 Å². The molecule has 0 saturated heterocycles. The molecule has 2 rings (SSSR count). The fraction of sp³-hybridized carbons (Fsp3) is 0.100. The Morgan fingerprint density at radius 2 is 2.00 bits per heavy atom. The molecule has 0 atom stereocenters. The Labute approximate surface area is 97.8 Å². The van der Waals surface area contributed by atoms with Crippen LogP contribution in [0.4, 0.5) is 13.2 Å². The highest BCUT2D eigenvalue weighted by atomic mass is 79.9. The monoisotopic (exact) mass is 290 g/mol. The van der Waals surface area contributed by atoms with Crippen LogP contribution in [0.15, 0.2) is 41.1 Å². The van der Waals surface area contributed by atoms with Crippen LogP contribution in [0, 0.1) is 0 Å². The zero-order chi connectivity index (χ0) is 11.8. The summed E-state index contributed by atoms with van der Waals surface area (Å²) in [7, 11) is 0. The van der Waals surface area contributed by atoms with Crippen LogP contribution < -0.4 is 0 Å². The highest BCUT2D eigenvalue weighted by Gasteiger charge is 2.30. The third-order valence-corrected chi connectivity index (χ3v) is 2.40. The Bertz CT molecular complexity index is 505. The number of rotatable bonds is 1. The van der Waals surface area contributed by atoms with E-state index in [4.69, 9.17) is 0 Å². The van der Waals surface area contributed by atoms with E-state index in [9.17, 15) is 13.2 Å². The second kappa shape index (κ2) is 3.93. The molecule has 0 N–H and O–H groups in total. The summed E-state index contributed by atoms with van der Waals surface area (Å²) in [6, 6.07) is 5.00. The van der Waals surface area contributed by atoms with Crippen LogP contribution in [-0.4, -0.2) is 9.78 Å². The molecule has 0 amide bonds. The Hall–Kier alpha value is -1.30. The molecule has 0 fully saturated rings. The van der Waals surface area contributed by atoms with Gasteiger partial charge in [0.15, 0.2) is 0 Å². The van der Waals surface area contributed by atoms with Crippen molar-refractivity contribution in [2.75, 3.05) is 0 Å². The van der Waals surface area contributed by atoms with Crippen molar-refractivity contribution in [1.82, 2.24) is 9.78 Å². The van der Waals surface area contributed by atoms with Gasteiger partial charge in [-0.2, -0.15) is 18.3 Å².